The van der Waals surface area contributed by atoms with Crippen molar-refractivity contribution >= 4 is 29.9 Å². The molecule has 0 aromatic heterocycles. The van der Waals surface area contributed by atoms with Crippen LogP contribution < -0.4 is 10.6 Å². The lowest BCUT2D eigenvalue weighted by Crippen LogP contribution is -2.37. The molecule has 2 N–H and O–H groups in total. The Labute approximate surface area is 151 Å². The highest BCUT2D eigenvalue weighted by Gasteiger charge is 2.20. The molecule has 1 aliphatic carbocycles. The summed E-state index contributed by atoms with van der Waals surface area (Å²) in [6.45, 7) is 6.59. The molecule has 1 aromatic rings. The van der Waals surface area contributed by atoms with Crippen LogP contribution in [0.25, 0.3) is 0 Å². The quantitative estimate of drug-likeness (QED) is 0.407. The van der Waals surface area contributed by atoms with Crippen molar-refractivity contribution in [1.29, 1.82) is 0 Å². The number of ether oxygens (including phenoxy) is 1. The number of hydrogen-bond donors (Lipinski definition) is 2. The van der Waals surface area contributed by atoms with Gasteiger partial charge < -0.3 is 15.4 Å². The van der Waals surface area contributed by atoms with Crippen LogP contribution in [0.1, 0.15) is 37.8 Å². The van der Waals surface area contributed by atoms with E-state index in [1.54, 1.807) is 0 Å². The lowest BCUT2D eigenvalue weighted by atomic mass is 10.1. The summed E-state index contributed by atoms with van der Waals surface area (Å²) in [5, 5.41) is 6.73. The number of rotatable bonds is 7. The Hall–Kier alpha value is -0.820. The Kier molecular flexibility index (Phi) is 8.78. The standard InChI is InChI=1S/C17H27N3O.HI/c1-13(2)21-12-16-6-4-5-15(9-16)11-20-17(18-3)19-10-14-7-8-14;/h4-6,9,13-14H,7-8,10-12H2,1-3H3,(H2,18,19,20);1H. The molecule has 0 radical (unpaired) electrons. The van der Waals surface area contributed by atoms with Gasteiger partial charge in [-0.2, -0.15) is 0 Å². The zero-order valence-corrected chi connectivity index (χ0v) is 16.1. The zero-order chi connectivity index (χ0) is 15.1. The van der Waals surface area contributed by atoms with Crippen LogP contribution in [0.15, 0.2) is 29.3 Å². The maximum absolute atomic E-state index is 5.65. The first-order chi connectivity index (χ1) is 10.2. The van der Waals surface area contributed by atoms with E-state index in [1.165, 1.54) is 24.0 Å². The molecule has 124 valence electrons. The van der Waals surface area contributed by atoms with Crippen LogP contribution in [-0.2, 0) is 17.9 Å². The van der Waals surface area contributed by atoms with E-state index in [9.17, 15) is 0 Å². The summed E-state index contributed by atoms with van der Waals surface area (Å²) >= 11 is 0. The minimum absolute atomic E-state index is 0. The molecule has 0 saturated heterocycles. The third kappa shape index (κ3) is 7.45. The number of halogens is 1. The maximum atomic E-state index is 5.65. The summed E-state index contributed by atoms with van der Waals surface area (Å²) in [5.74, 6) is 1.73. The number of hydrogen-bond acceptors (Lipinski definition) is 2. The fourth-order valence-electron chi connectivity index (χ4n) is 2.06. The third-order valence-electron chi connectivity index (χ3n) is 3.51. The van der Waals surface area contributed by atoms with Gasteiger partial charge in [-0.25, -0.2) is 0 Å². The largest absolute Gasteiger partial charge is 0.374 e. The highest BCUT2D eigenvalue weighted by Crippen LogP contribution is 2.27. The van der Waals surface area contributed by atoms with Crippen LogP contribution in [0.2, 0.25) is 0 Å². The van der Waals surface area contributed by atoms with Gasteiger partial charge in [-0.15, -0.1) is 24.0 Å². The van der Waals surface area contributed by atoms with Gasteiger partial charge in [0.15, 0.2) is 5.96 Å². The van der Waals surface area contributed by atoms with Gasteiger partial charge in [0.05, 0.1) is 12.7 Å². The SMILES string of the molecule is CN=C(NCc1cccc(COC(C)C)c1)NCC1CC1.I. The second kappa shape index (κ2) is 10.0. The average molecular weight is 417 g/mol. The predicted octanol–water partition coefficient (Wildman–Crippen LogP) is 3.30. The lowest BCUT2D eigenvalue weighted by Gasteiger charge is -2.12. The maximum Gasteiger partial charge on any atom is 0.191 e. The minimum atomic E-state index is 0. The van der Waals surface area contributed by atoms with Gasteiger partial charge in [-0.1, -0.05) is 24.3 Å². The van der Waals surface area contributed by atoms with Crippen molar-refractivity contribution in [2.24, 2.45) is 10.9 Å². The second-order valence-electron chi connectivity index (χ2n) is 5.93. The monoisotopic (exact) mass is 417 g/mol. The topological polar surface area (TPSA) is 45.7 Å². The van der Waals surface area contributed by atoms with Gasteiger partial charge in [0, 0.05) is 20.1 Å². The summed E-state index contributed by atoms with van der Waals surface area (Å²) in [4.78, 5) is 4.25. The molecule has 0 aliphatic heterocycles. The molecule has 0 heterocycles. The molecule has 0 unspecified atom stereocenters. The predicted molar refractivity (Wildman–Crippen MR) is 103 cm³/mol. The van der Waals surface area contributed by atoms with Gasteiger partial charge in [0.2, 0.25) is 0 Å². The van der Waals surface area contributed by atoms with Crippen molar-refractivity contribution in [2.45, 2.75) is 45.9 Å². The number of nitrogens with zero attached hydrogens (tertiary/aromatic N) is 1. The van der Waals surface area contributed by atoms with E-state index in [1.807, 2.05) is 7.05 Å². The molecule has 1 aromatic carbocycles. The Morgan fingerprint density at radius 2 is 2.00 bits per heavy atom. The number of guanidine groups is 1. The van der Waals surface area contributed by atoms with Gasteiger partial charge in [0.1, 0.15) is 0 Å². The zero-order valence-electron chi connectivity index (χ0n) is 13.8. The summed E-state index contributed by atoms with van der Waals surface area (Å²) in [6, 6.07) is 8.49. The molecule has 1 aliphatic rings. The summed E-state index contributed by atoms with van der Waals surface area (Å²) < 4.78 is 5.65. The van der Waals surface area contributed by atoms with E-state index in [4.69, 9.17) is 4.74 Å². The molecule has 0 bridgehead atoms. The van der Waals surface area contributed by atoms with E-state index in [-0.39, 0.29) is 30.1 Å². The Bertz CT molecular complexity index is 473. The van der Waals surface area contributed by atoms with Crippen LogP contribution in [0.3, 0.4) is 0 Å². The second-order valence-corrected chi connectivity index (χ2v) is 5.93. The first-order valence-corrected chi connectivity index (χ1v) is 7.81. The molecular formula is C17H28IN3O. The lowest BCUT2D eigenvalue weighted by molar-refractivity contribution is 0.0657. The molecule has 22 heavy (non-hydrogen) atoms. The van der Waals surface area contributed by atoms with Crippen molar-refractivity contribution in [2.75, 3.05) is 13.6 Å². The third-order valence-corrected chi connectivity index (χ3v) is 3.51. The molecule has 4 nitrogen and oxygen atoms in total. The highest BCUT2D eigenvalue weighted by molar-refractivity contribution is 14.0. The van der Waals surface area contributed by atoms with Crippen LogP contribution >= 0.6 is 24.0 Å². The molecule has 0 amide bonds. The van der Waals surface area contributed by atoms with Crippen molar-refractivity contribution in [3.05, 3.63) is 35.4 Å². The number of aliphatic imine (C=N–C) groups is 1. The fourth-order valence-corrected chi connectivity index (χ4v) is 2.06. The van der Waals surface area contributed by atoms with Crippen molar-refractivity contribution in [3.8, 4) is 0 Å². The summed E-state index contributed by atoms with van der Waals surface area (Å²) in [6.07, 6.45) is 2.96. The van der Waals surface area contributed by atoms with E-state index in [0.29, 0.717) is 6.61 Å². The van der Waals surface area contributed by atoms with Crippen LogP contribution in [0.5, 0.6) is 0 Å². The van der Waals surface area contributed by atoms with Gasteiger partial charge in [0.25, 0.3) is 0 Å². The number of benzene rings is 1. The summed E-state index contributed by atoms with van der Waals surface area (Å²) in [5.41, 5.74) is 2.46. The van der Waals surface area contributed by atoms with Crippen molar-refractivity contribution in [1.82, 2.24) is 10.6 Å². The van der Waals surface area contributed by atoms with Crippen LogP contribution in [0, 0.1) is 5.92 Å². The van der Waals surface area contributed by atoms with E-state index in [2.05, 4.69) is 53.7 Å². The first kappa shape index (κ1) is 19.2. The molecule has 0 atom stereocenters. The van der Waals surface area contributed by atoms with Crippen LogP contribution in [-0.4, -0.2) is 25.7 Å². The normalized spacial score (nSPS) is 14.6. The summed E-state index contributed by atoms with van der Waals surface area (Å²) in [7, 11) is 1.81. The van der Waals surface area contributed by atoms with Crippen LogP contribution in [0.4, 0.5) is 0 Å². The Morgan fingerprint density at radius 3 is 2.64 bits per heavy atom. The van der Waals surface area contributed by atoms with Gasteiger partial charge in [-0.05, 0) is 43.7 Å². The molecule has 1 fully saturated rings. The average Bonchev–Trinajstić information content (AvgIpc) is 3.30. The van der Waals surface area contributed by atoms with E-state index >= 15 is 0 Å². The highest BCUT2D eigenvalue weighted by atomic mass is 127. The first-order valence-electron chi connectivity index (χ1n) is 7.81. The molecular weight excluding hydrogens is 389 g/mol. The molecule has 0 spiro atoms. The molecule has 5 heteroatoms. The van der Waals surface area contributed by atoms with Crippen molar-refractivity contribution < 1.29 is 4.74 Å². The smallest absolute Gasteiger partial charge is 0.191 e. The van der Waals surface area contributed by atoms with Gasteiger partial charge in [-0.3, -0.25) is 4.99 Å². The molecule has 1 saturated carbocycles. The van der Waals surface area contributed by atoms with Gasteiger partial charge >= 0.3 is 0 Å². The van der Waals surface area contributed by atoms with Crippen molar-refractivity contribution in [3.63, 3.8) is 0 Å². The fraction of sp³-hybridized carbons (Fsp3) is 0.588. The molecule has 2 rings (SSSR count). The Morgan fingerprint density at radius 1 is 1.27 bits per heavy atom. The van der Waals surface area contributed by atoms with E-state index in [0.717, 1.165) is 25.0 Å². The minimum Gasteiger partial charge on any atom is -0.374 e. The van der Waals surface area contributed by atoms with E-state index < -0.39 is 0 Å². The number of nitrogens with one attached hydrogen (secondary N) is 2. The Balaban J connectivity index is 0.00000242.